The molecule has 1 aliphatic heterocycles. The van der Waals surface area contributed by atoms with Crippen LogP contribution in [0.2, 0.25) is 0 Å². The number of anilines is 2. The fraction of sp³-hybridized carbons (Fsp3) is 0.421. The van der Waals surface area contributed by atoms with Gasteiger partial charge >= 0.3 is 0 Å². The first-order valence-corrected chi connectivity index (χ1v) is 10.8. The van der Waals surface area contributed by atoms with Crippen molar-refractivity contribution in [2.45, 2.75) is 33.2 Å². The van der Waals surface area contributed by atoms with Gasteiger partial charge in [-0.15, -0.1) is 0 Å². The van der Waals surface area contributed by atoms with Crippen molar-refractivity contribution < 1.29 is 13.2 Å². The Balaban J connectivity index is 1.74. The van der Waals surface area contributed by atoms with Gasteiger partial charge in [0, 0.05) is 30.7 Å². The van der Waals surface area contributed by atoms with Gasteiger partial charge in [0.15, 0.2) is 9.84 Å². The maximum Gasteiger partial charge on any atom is 0.258 e. The Morgan fingerprint density at radius 3 is 2.56 bits per heavy atom. The molecular weight excluding hydrogens is 364 g/mol. The summed E-state index contributed by atoms with van der Waals surface area (Å²) >= 11 is 0. The summed E-state index contributed by atoms with van der Waals surface area (Å²) in [6.07, 6.45) is 3.54. The van der Waals surface area contributed by atoms with Crippen LogP contribution in [0.5, 0.6) is 0 Å². The van der Waals surface area contributed by atoms with Crippen LogP contribution in [-0.2, 0) is 9.84 Å². The Hall–Kier alpha value is -2.48. The van der Waals surface area contributed by atoms with Crippen LogP contribution in [0.25, 0.3) is 0 Å². The van der Waals surface area contributed by atoms with Crippen molar-refractivity contribution in [2.75, 3.05) is 28.3 Å². The Kier molecular flexibility index (Phi) is 5.46. The number of rotatable bonds is 5. The molecule has 0 saturated carbocycles. The van der Waals surface area contributed by atoms with Gasteiger partial charge in [-0.2, -0.15) is 0 Å². The van der Waals surface area contributed by atoms with Crippen LogP contribution in [0, 0.1) is 13.8 Å². The van der Waals surface area contributed by atoms with Crippen LogP contribution in [-0.4, -0.2) is 48.4 Å². The largest absolute Gasteiger partial charge is 0.337 e. The Bertz CT molecular complexity index is 942. The lowest BCUT2D eigenvalue weighted by molar-refractivity contribution is 0.102. The highest BCUT2D eigenvalue weighted by atomic mass is 32.2. The van der Waals surface area contributed by atoms with Crippen molar-refractivity contribution in [1.29, 1.82) is 0 Å². The highest BCUT2D eigenvalue weighted by molar-refractivity contribution is 7.91. The molecule has 1 fully saturated rings. The van der Waals surface area contributed by atoms with Gasteiger partial charge in [-0.3, -0.25) is 4.79 Å². The topological polar surface area (TPSA) is 92.3 Å². The number of carbonyl (C=O) groups is 1. The summed E-state index contributed by atoms with van der Waals surface area (Å²) < 4.78 is 23.5. The lowest BCUT2D eigenvalue weighted by Crippen LogP contribution is -2.37. The monoisotopic (exact) mass is 388 g/mol. The van der Waals surface area contributed by atoms with Crippen LogP contribution in [0.3, 0.4) is 0 Å². The standard InChI is InChI=1S/C19H24N4O3S/c1-4-23(16-8-9-27(25,26)12-16)19-20-10-15(11-21-19)18(24)22-17-7-5-6-13(2)14(17)3/h5-7,10-11,16H,4,8-9,12H2,1-3H3,(H,22,24). The Morgan fingerprint density at radius 1 is 1.26 bits per heavy atom. The minimum Gasteiger partial charge on any atom is -0.337 e. The lowest BCUT2D eigenvalue weighted by atomic mass is 10.1. The molecule has 1 aromatic heterocycles. The molecule has 2 aromatic rings. The molecule has 0 radical (unpaired) electrons. The van der Waals surface area contributed by atoms with Crippen LogP contribution in [0.15, 0.2) is 30.6 Å². The first-order valence-electron chi connectivity index (χ1n) is 8.97. The van der Waals surface area contributed by atoms with E-state index in [2.05, 4.69) is 15.3 Å². The van der Waals surface area contributed by atoms with E-state index in [0.29, 0.717) is 24.5 Å². The van der Waals surface area contributed by atoms with E-state index in [4.69, 9.17) is 0 Å². The van der Waals surface area contributed by atoms with E-state index in [1.807, 2.05) is 43.9 Å². The molecule has 1 unspecified atom stereocenters. The summed E-state index contributed by atoms with van der Waals surface area (Å²) in [5.74, 6) is 0.494. The van der Waals surface area contributed by atoms with E-state index < -0.39 is 9.84 Å². The van der Waals surface area contributed by atoms with Crippen molar-refractivity contribution in [2.24, 2.45) is 0 Å². The highest BCUT2D eigenvalue weighted by Gasteiger charge is 2.32. The second-order valence-electron chi connectivity index (χ2n) is 6.82. The number of aromatic nitrogens is 2. The number of hydrogen-bond acceptors (Lipinski definition) is 6. The van der Waals surface area contributed by atoms with E-state index >= 15 is 0 Å². The molecule has 1 aliphatic rings. The molecule has 7 nitrogen and oxygen atoms in total. The third-order valence-electron chi connectivity index (χ3n) is 5.00. The molecule has 8 heteroatoms. The zero-order chi connectivity index (χ0) is 19.6. The van der Waals surface area contributed by atoms with Crippen molar-refractivity contribution >= 4 is 27.4 Å². The molecule has 0 aliphatic carbocycles. The fourth-order valence-electron chi connectivity index (χ4n) is 3.25. The molecule has 1 amide bonds. The number of benzene rings is 1. The number of sulfone groups is 1. The first-order chi connectivity index (χ1) is 12.8. The van der Waals surface area contributed by atoms with Gasteiger partial charge in [0.1, 0.15) is 0 Å². The number of aryl methyl sites for hydroxylation is 1. The number of hydrogen-bond donors (Lipinski definition) is 1. The number of carbonyl (C=O) groups excluding carboxylic acids is 1. The molecule has 3 rings (SSSR count). The van der Waals surface area contributed by atoms with Crippen LogP contribution < -0.4 is 10.2 Å². The van der Waals surface area contributed by atoms with Gasteiger partial charge in [0.05, 0.1) is 17.1 Å². The third-order valence-corrected chi connectivity index (χ3v) is 6.75. The van der Waals surface area contributed by atoms with E-state index in [1.165, 1.54) is 12.4 Å². The minimum atomic E-state index is -2.98. The minimum absolute atomic E-state index is 0.116. The number of nitrogens with zero attached hydrogens (tertiary/aromatic N) is 3. The molecule has 1 atom stereocenters. The van der Waals surface area contributed by atoms with Gasteiger partial charge in [0.2, 0.25) is 5.95 Å². The van der Waals surface area contributed by atoms with Crippen LogP contribution in [0.1, 0.15) is 34.8 Å². The van der Waals surface area contributed by atoms with E-state index in [9.17, 15) is 13.2 Å². The molecule has 1 saturated heterocycles. The van der Waals surface area contributed by atoms with Gasteiger partial charge in [-0.05, 0) is 44.4 Å². The molecule has 2 heterocycles. The summed E-state index contributed by atoms with van der Waals surface area (Å²) in [6.45, 7) is 6.49. The quantitative estimate of drug-likeness (QED) is 0.845. The molecule has 0 bridgehead atoms. The molecule has 0 spiro atoms. The third kappa shape index (κ3) is 4.27. The van der Waals surface area contributed by atoms with Crippen LogP contribution >= 0.6 is 0 Å². The smallest absolute Gasteiger partial charge is 0.258 e. The van der Waals surface area contributed by atoms with Crippen molar-refractivity contribution in [1.82, 2.24) is 9.97 Å². The Morgan fingerprint density at radius 2 is 1.96 bits per heavy atom. The van der Waals surface area contributed by atoms with Gasteiger partial charge in [-0.1, -0.05) is 12.1 Å². The first kappa shape index (κ1) is 19.3. The van der Waals surface area contributed by atoms with E-state index in [1.54, 1.807) is 0 Å². The predicted molar refractivity (Wildman–Crippen MR) is 106 cm³/mol. The lowest BCUT2D eigenvalue weighted by Gasteiger charge is -2.26. The summed E-state index contributed by atoms with van der Waals surface area (Å²) in [5, 5.41) is 2.88. The molecule has 1 N–H and O–H groups in total. The molecular formula is C19H24N4O3S. The zero-order valence-corrected chi connectivity index (χ0v) is 16.6. The fourth-order valence-corrected chi connectivity index (χ4v) is 4.98. The molecule has 1 aromatic carbocycles. The molecule has 144 valence electrons. The SMILES string of the molecule is CCN(c1ncc(C(=O)Nc2cccc(C)c2C)cn1)C1CCS(=O)(=O)C1. The maximum absolute atomic E-state index is 12.5. The van der Waals surface area contributed by atoms with Crippen molar-refractivity contribution in [3.63, 3.8) is 0 Å². The van der Waals surface area contributed by atoms with Gasteiger partial charge in [0.25, 0.3) is 5.91 Å². The van der Waals surface area contributed by atoms with Gasteiger partial charge < -0.3 is 10.2 Å². The zero-order valence-electron chi connectivity index (χ0n) is 15.8. The highest BCUT2D eigenvalue weighted by Crippen LogP contribution is 2.22. The van der Waals surface area contributed by atoms with Crippen molar-refractivity contribution in [3.8, 4) is 0 Å². The second-order valence-corrected chi connectivity index (χ2v) is 9.04. The van der Waals surface area contributed by atoms with Crippen LogP contribution in [0.4, 0.5) is 11.6 Å². The average Bonchev–Trinajstić information content (AvgIpc) is 2.99. The molecule has 27 heavy (non-hydrogen) atoms. The number of nitrogens with one attached hydrogen (secondary N) is 1. The van der Waals surface area contributed by atoms with Gasteiger partial charge in [-0.25, -0.2) is 18.4 Å². The summed E-state index contributed by atoms with van der Waals surface area (Å²) in [6, 6.07) is 5.63. The van der Waals surface area contributed by atoms with E-state index in [0.717, 1.165) is 16.8 Å². The maximum atomic E-state index is 12.5. The average molecular weight is 388 g/mol. The second kappa shape index (κ2) is 7.64. The summed E-state index contributed by atoms with van der Waals surface area (Å²) in [4.78, 5) is 23.0. The summed E-state index contributed by atoms with van der Waals surface area (Å²) in [5.41, 5.74) is 3.23. The van der Waals surface area contributed by atoms with E-state index in [-0.39, 0.29) is 23.5 Å². The predicted octanol–water partition coefficient (Wildman–Crippen LogP) is 2.36. The summed E-state index contributed by atoms with van der Waals surface area (Å²) in [7, 11) is -2.98. The number of amides is 1. The van der Waals surface area contributed by atoms with Crippen molar-refractivity contribution in [3.05, 3.63) is 47.3 Å². The normalized spacial score (nSPS) is 18.3. The Labute approximate surface area is 159 Å².